The van der Waals surface area contributed by atoms with Gasteiger partial charge in [-0.2, -0.15) is 0 Å². The molecule has 0 aliphatic carbocycles. The van der Waals surface area contributed by atoms with Gasteiger partial charge in [-0.3, -0.25) is 4.98 Å². The lowest BCUT2D eigenvalue weighted by Gasteiger charge is -2.29. The van der Waals surface area contributed by atoms with Crippen LogP contribution in [0.5, 0.6) is 5.75 Å². The summed E-state index contributed by atoms with van der Waals surface area (Å²) in [5, 5.41) is 10.2. The van der Waals surface area contributed by atoms with Crippen molar-refractivity contribution in [2.24, 2.45) is 0 Å². The zero-order valence-corrected chi connectivity index (χ0v) is 11.2. The van der Waals surface area contributed by atoms with E-state index < -0.39 is 6.10 Å². The van der Waals surface area contributed by atoms with Crippen LogP contribution in [-0.2, 0) is 0 Å². The molecule has 1 aromatic carbocycles. The van der Waals surface area contributed by atoms with E-state index in [2.05, 4.69) is 20.9 Å². The van der Waals surface area contributed by atoms with Crippen molar-refractivity contribution in [3.63, 3.8) is 0 Å². The molecule has 1 N–H and O–H groups in total. The van der Waals surface area contributed by atoms with Gasteiger partial charge < -0.3 is 9.84 Å². The first-order valence-electron chi connectivity index (χ1n) is 5.78. The SMILES string of the molecule is O[C@H]1CC(c2cccnc2)Oc2cc(Br)ccc21. The first-order valence-corrected chi connectivity index (χ1v) is 6.57. The summed E-state index contributed by atoms with van der Waals surface area (Å²) in [6.07, 6.45) is 3.43. The van der Waals surface area contributed by atoms with E-state index in [1.165, 1.54) is 0 Å². The molecular weight excluding hydrogens is 294 g/mol. The molecule has 3 rings (SSSR count). The molecule has 4 heteroatoms. The second-order valence-corrected chi connectivity index (χ2v) is 5.24. The van der Waals surface area contributed by atoms with Crippen LogP contribution in [0.25, 0.3) is 0 Å². The van der Waals surface area contributed by atoms with Gasteiger partial charge in [-0.05, 0) is 18.2 Å². The van der Waals surface area contributed by atoms with Gasteiger partial charge in [-0.25, -0.2) is 0 Å². The van der Waals surface area contributed by atoms with Gasteiger partial charge in [0.1, 0.15) is 11.9 Å². The summed E-state index contributed by atoms with van der Waals surface area (Å²) in [6, 6.07) is 9.54. The highest BCUT2D eigenvalue weighted by atomic mass is 79.9. The molecule has 2 heterocycles. The first kappa shape index (κ1) is 11.7. The fourth-order valence-electron chi connectivity index (χ4n) is 2.19. The number of aromatic nitrogens is 1. The van der Waals surface area contributed by atoms with Gasteiger partial charge in [0.15, 0.2) is 0 Å². The van der Waals surface area contributed by atoms with E-state index in [1.807, 2.05) is 30.3 Å². The van der Waals surface area contributed by atoms with Crippen LogP contribution in [0.2, 0.25) is 0 Å². The third-order valence-corrected chi connectivity index (χ3v) is 3.59. The van der Waals surface area contributed by atoms with Gasteiger partial charge in [0.2, 0.25) is 0 Å². The lowest BCUT2D eigenvalue weighted by atomic mass is 9.96. The van der Waals surface area contributed by atoms with Gasteiger partial charge in [-0.15, -0.1) is 0 Å². The molecule has 0 fully saturated rings. The Morgan fingerprint density at radius 3 is 3.00 bits per heavy atom. The Morgan fingerprint density at radius 1 is 1.33 bits per heavy atom. The van der Waals surface area contributed by atoms with Crippen molar-refractivity contribution in [2.45, 2.75) is 18.6 Å². The van der Waals surface area contributed by atoms with Crippen LogP contribution >= 0.6 is 15.9 Å². The Labute approximate surface area is 114 Å². The molecule has 1 unspecified atom stereocenters. The summed E-state index contributed by atoms with van der Waals surface area (Å²) in [5.41, 5.74) is 1.83. The average molecular weight is 306 g/mol. The Balaban J connectivity index is 1.96. The summed E-state index contributed by atoms with van der Waals surface area (Å²) in [4.78, 5) is 4.09. The summed E-state index contributed by atoms with van der Waals surface area (Å²) < 4.78 is 6.88. The molecule has 0 amide bonds. The topological polar surface area (TPSA) is 42.4 Å². The predicted molar refractivity (Wildman–Crippen MR) is 71.3 cm³/mol. The number of benzene rings is 1. The van der Waals surface area contributed by atoms with Crippen molar-refractivity contribution in [1.29, 1.82) is 0 Å². The number of aliphatic hydroxyl groups is 1. The van der Waals surface area contributed by atoms with Gasteiger partial charge in [-0.1, -0.05) is 28.1 Å². The highest BCUT2D eigenvalue weighted by molar-refractivity contribution is 9.10. The molecule has 1 aliphatic rings. The summed E-state index contributed by atoms with van der Waals surface area (Å²) >= 11 is 3.41. The van der Waals surface area contributed by atoms with Crippen LogP contribution in [0.15, 0.2) is 47.2 Å². The van der Waals surface area contributed by atoms with Gasteiger partial charge in [0.05, 0.1) is 6.10 Å². The number of nitrogens with zero attached hydrogens (tertiary/aromatic N) is 1. The van der Waals surface area contributed by atoms with E-state index in [4.69, 9.17) is 4.74 Å². The van der Waals surface area contributed by atoms with Crippen LogP contribution in [0, 0.1) is 0 Å². The van der Waals surface area contributed by atoms with Gasteiger partial charge >= 0.3 is 0 Å². The van der Waals surface area contributed by atoms with Crippen molar-refractivity contribution in [3.8, 4) is 5.75 Å². The Morgan fingerprint density at radius 2 is 2.22 bits per heavy atom. The van der Waals surface area contributed by atoms with Gasteiger partial charge in [0, 0.05) is 34.4 Å². The average Bonchev–Trinajstić information content (AvgIpc) is 2.39. The van der Waals surface area contributed by atoms with Crippen molar-refractivity contribution >= 4 is 15.9 Å². The molecular formula is C14H12BrNO2. The zero-order chi connectivity index (χ0) is 12.5. The minimum atomic E-state index is -0.493. The Kier molecular flexibility index (Phi) is 3.06. The lowest BCUT2D eigenvalue weighted by Crippen LogP contribution is -2.19. The molecule has 3 nitrogen and oxygen atoms in total. The maximum absolute atomic E-state index is 10.2. The quantitative estimate of drug-likeness (QED) is 0.878. The molecule has 0 saturated heterocycles. The first-order chi connectivity index (χ1) is 8.74. The molecule has 2 atom stereocenters. The van der Waals surface area contributed by atoms with Crippen molar-refractivity contribution in [1.82, 2.24) is 4.98 Å². The Bertz CT molecular complexity index is 559. The second kappa shape index (κ2) is 4.71. The maximum atomic E-state index is 10.2. The summed E-state index contributed by atoms with van der Waals surface area (Å²) in [5.74, 6) is 0.733. The maximum Gasteiger partial charge on any atom is 0.128 e. The predicted octanol–water partition coefficient (Wildman–Crippen LogP) is 3.40. The van der Waals surface area contributed by atoms with E-state index >= 15 is 0 Å². The molecule has 0 spiro atoms. The van der Waals surface area contributed by atoms with Crippen molar-refractivity contribution in [2.75, 3.05) is 0 Å². The molecule has 92 valence electrons. The van der Waals surface area contributed by atoms with Crippen molar-refractivity contribution in [3.05, 3.63) is 58.3 Å². The van der Waals surface area contributed by atoms with E-state index in [1.54, 1.807) is 12.4 Å². The lowest BCUT2D eigenvalue weighted by molar-refractivity contribution is 0.0655. The van der Waals surface area contributed by atoms with E-state index in [0.717, 1.165) is 21.3 Å². The fraction of sp³-hybridized carbons (Fsp3) is 0.214. The summed E-state index contributed by atoms with van der Waals surface area (Å²) in [6.45, 7) is 0. The number of halogens is 1. The molecule has 1 aliphatic heterocycles. The normalized spacial score (nSPS) is 22.1. The van der Waals surface area contributed by atoms with Crippen LogP contribution in [0.4, 0.5) is 0 Å². The third kappa shape index (κ3) is 2.13. The van der Waals surface area contributed by atoms with Crippen molar-refractivity contribution < 1.29 is 9.84 Å². The van der Waals surface area contributed by atoms with Crippen LogP contribution in [0.3, 0.4) is 0 Å². The number of aliphatic hydroxyl groups excluding tert-OH is 1. The highest BCUT2D eigenvalue weighted by Crippen LogP contribution is 2.41. The number of hydrogen-bond donors (Lipinski definition) is 1. The molecule has 1 aromatic heterocycles. The standard InChI is InChI=1S/C14H12BrNO2/c15-10-3-4-11-12(17)7-13(18-14(11)6-10)9-2-1-5-16-8-9/h1-6,8,12-13,17H,7H2/t12-,13?/m0/s1. The smallest absolute Gasteiger partial charge is 0.128 e. The van der Waals surface area contributed by atoms with Crippen LogP contribution in [-0.4, -0.2) is 10.1 Å². The van der Waals surface area contributed by atoms with Gasteiger partial charge in [0.25, 0.3) is 0 Å². The largest absolute Gasteiger partial charge is 0.485 e. The molecule has 2 aromatic rings. The summed E-state index contributed by atoms with van der Waals surface area (Å²) in [7, 11) is 0. The third-order valence-electron chi connectivity index (χ3n) is 3.10. The Hall–Kier alpha value is -1.39. The molecule has 0 saturated carbocycles. The fourth-order valence-corrected chi connectivity index (χ4v) is 2.53. The van der Waals surface area contributed by atoms with E-state index in [0.29, 0.717) is 6.42 Å². The molecule has 0 bridgehead atoms. The van der Waals surface area contributed by atoms with E-state index in [9.17, 15) is 5.11 Å². The number of pyridine rings is 1. The monoisotopic (exact) mass is 305 g/mol. The van der Waals surface area contributed by atoms with Crippen LogP contribution < -0.4 is 4.74 Å². The molecule has 18 heavy (non-hydrogen) atoms. The number of hydrogen-bond acceptors (Lipinski definition) is 3. The highest BCUT2D eigenvalue weighted by Gasteiger charge is 2.28. The van der Waals surface area contributed by atoms with Crippen LogP contribution in [0.1, 0.15) is 29.8 Å². The zero-order valence-electron chi connectivity index (χ0n) is 9.58. The molecule has 0 radical (unpaired) electrons. The number of fused-ring (bicyclic) bond motifs is 1. The number of rotatable bonds is 1. The minimum absolute atomic E-state index is 0.143. The minimum Gasteiger partial charge on any atom is -0.485 e. The number of ether oxygens (including phenoxy) is 1. The van der Waals surface area contributed by atoms with E-state index in [-0.39, 0.29) is 6.10 Å². The second-order valence-electron chi connectivity index (χ2n) is 4.33.